The van der Waals surface area contributed by atoms with Crippen LogP contribution in [0.3, 0.4) is 0 Å². The van der Waals surface area contributed by atoms with E-state index >= 15 is 0 Å². The molecule has 1 aliphatic rings. The third-order valence-corrected chi connectivity index (χ3v) is 2.94. The summed E-state index contributed by atoms with van der Waals surface area (Å²) in [7, 11) is 1.70. The van der Waals surface area contributed by atoms with Crippen molar-refractivity contribution in [3.8, 4) is 0 Å². The van der Waals surface area contributed by atoms with Crippen LogP contribution in [0, 0.1) is 5.92 Å². The van der Waals surface area contributed by atoms with Gasteiger partial charge in [-0.3, -0.25) is 0 Å². The highest BCUT2D eigenvalue weighted by Gasteiger charge is 2.14. The van der Waals surface area contributed by atoms with Crippen LogP contribution in [0.1, 0.15) is 19.3 Å². The molecule has 3 N–H and O–H groups in total. The molecule has 4 heteroatoms. The summed E-state index contributed by atoms with van der Waals surface area (Å²) < 4.78 is 5.11. The molecule has 0 aromatic carbocycles. The lowest BCUT2D eigenvalue weighted by atomic mass is 9.99. The van der Waals surface area contributed by atoms with Crippen molar-refractivity contribution in [2.24, 2.45) is 5.92 Å². The Balaban J connectivity index is 2.13. The highest BCUT2D eigenvalue weighted by atomic mass is 16.5. The van der Waals surface area contributed by atoms with Gasteiger partial charge in [-0.15, -0.1) is 0 Å². The quantitative estimate of drug-likeness (QED) is 0.559. The number of hydrogen-bond donors (Lipinski definition) is 3. The average molecular weight is 216 g/mol. The Hall–Kier alpha value is -0.160. The summed E-state index contributed by atoms with van der Waals surface area (Å²) in [5, 5.41) is 15.8. The summed E-state index contributed by atoms with van der Waals surface area (Å²) in [5.41, 5.74) is 0. The molecule has 1 rings (SSSR count). The number of piperidine rings is 1. The molecule has 2 atom stereocenters. The molecule has 1 aliphatic heterocycles. The predicted molar refractivity (Wildman–Crippen MR) is 61.0 cm³/mol. The molecule has 0 radical (unpaired) electrons. The molecule has 1 fully saturated rings. The van der Waals surface area contributed by atoms with Gasteiger partial charge in [0.15, 0.2) is 0 Å². The molecule has 0 amide bonds. The lowest BCUT2D eigenvalue weighted by Crippen LogP contribution is -2.41. The third-order valence-electron chi connectivity index (χ3n) is 2.94. The van der Waals surface area contributed by atoms with Gasteiger partial charge in [0, 0.05) is 19.8 Å². The second-order valence-corrected chi connectivity index (χ2v) is 4.29. The third kappa shape index (κ3) is 5.47. The molecule has 0 aromatic rings. The van der Waals surface area contributed by atoms with E-state index < -0.39 is 0 Å². The number of aliphatic hydroxyl groups is 1. The zero-order chi connectivity index (χ0) is 10.9. The van der Waals surface area contributed by atoms with E-state index in [1.54, 1.807) is 7.11 Å². The standard InChI is InChI=1S/C11H24N2O2/c1-15-9-11(4-6-14)13-8-10-3-2-5-12-7-10/h10-14H,2-9H2,1H3. The van der Waals surface area contributed by atoms with Crippen molar-refractivity contribution in [3.63, 3.8) is 0 Å². The van der Waals surface area contributed by atoms with Crippen LogP contribution >= 0.6 is 0 Å². The number of hydrogen-bond acceptors (Lipinski definition) is 4. The van der Waals surface area contributed by atoms with Crippen LogP contribution < -0.4 is 10.6 Å². The molecule has 90 valence electrons. The minimum Gasteiger partial charge on any atom is -0.396 e. The first kappa shape index (κ1) is 12.9. The minimum atomic E-state index is 0.226. The zero-order valence-electron chi connectivity index (χ0n) is 9.67. The Morgan fingerprint density at radius 3 is 3.07 bits per heavy atom. The molecule has 0 aromatic heterocycles. The molecule has 1 saturated heterocycles. The molecule has 1 heterocycles. The van der Waals surface area contributed by atoms with E-state index in [9.17, 15) is 0 Å². The molecule has 0 spiro atoms. The van der Waals surface area contributed by atoms with E-state index in [1.165, 1.54) is 12.8 Å². The fourth-order valence-corrected chi connectivity index (χ4v) is 2.03. The molecule has 0 aliphatic carbocycles. The lowest BCUT2D eigenvalue weighted by molar-refractivity contribution is 0.145. The van der Waals surface area contributed by atoms with Crippen molar-refractivity contribution in [1.29, 1.82) is 0 Å². The number of methoxy groups -OCH3 is 1. The van der Waals surface area contributed by atoms with Crippen molar-refractivity contribution >= 4 is 0 Å². The summed E-state index contributed by atoms with van der Waals surface area (Å²) >= 11 is 0. The minimum absolute atomic E-state index is 0.226. The van der Waals surface area contributed by atoms with E-state index in [4.69, 9.17) is 9.84 Å². The Bertz CT molecular complexity index is 144. The SMILES string of the molecule is COCC(CCO)NCC1CCCNC1. The second-order valence-electron chi connectivity index (χ2n) is 4.29. The fourth-order valence-electron chi connectivity index (χ4n) is 2.03. The molecular weight excluding hydrogens is 192 g/mol. The van der Waals surface area contributed by atoms with Gasteiger partial charge in [0.2, 0.25) is 0 Å². The predicted octanol–water partition coefficient (Wildman–Crippen LogP) is -0.0270. The molecule has 4 nitrogen and oxygen atoms in total. The molecule has 2 unspecified atom stereocenters. The summed E-state index contributed by atoms with van der Waals surface area (Å²) in [6.07, 6.45) is 3.36. The molecule has 0 saturated carbocycles. The number of aliphatic hydroxyl groups excluding tert-OH is 1. The molecular formula is C11H24N2O2. The van der Waals surface area contributed by atoms with Crippen molar-refractivity contribution in [2.75, 3.05) is 40.0 Å². The monoisotopic (exact) mass is 216 g/mol. The Morgan fingerprint density at radius 1 is 1.60 bits per heavy atom. The van der Waals surface area contributed by atoms with Crippen molar-refractivity contribution in [2.45, 2.75) is 25.3 Å². The first-order valence-corrected chi connectivity index (χ1v) is 5.90. The van der Waals surface area contributed by atoms with Gasteiger partial charge in [0.1, 0.15) is 0 Å². The van der Waals surface area contributed by atoms with Gasteiger partial charge in [-0.25, -0.2) is 0 Å². The first-order valence-electron chi connectivity index (χ1n) is 5.90. The lowest BCUT2D eigenvalue weighted by Gasteiger charge is -2.25. The number of rotatable bonds is 7. The van der Waals surface area contributed by atoms with Gasteiger partial charge in [-0.05, 0) is 44.8 Å². The van der Waals surface area contributed by atoms with E-state index in [0.717, 1.165) is 32.0 Å². The van der Waals surface area contributed by atoms with Gasteiger partial charge in [-0.2, -0.15) is 0 Å². The molecule has 0 bridgehead atoms. The summed E-state index contributed by atoms with van der Waals surface area (Å²) in [4.78, 5) is 0. The largest absolute Gasteiger partial charge is 0.396 e. The summed E-state index contributed by atoms with van der Waals surface area (Å²) in [6, 6.07) is 0.293. The fraction of sp³-hybridized carbons (Fsp3) is 1.00. The highest BCUT2D eigenvalue weighted by Crippen LogP contribution is 2.08. The Morgan fingerprint density at radius 2 is 2.47 bits per heavy atom. The zero-order valence-corrected chi connectivity index (χ0v) is 9.67. The maximum atomic E-state index is 8.89. The van der Waals surface area contributed by atoms with Crippen LogP contribution in [0.15, 0.2) is 0 Å². The van der Waals surface area contributed by atoms with Crippen LogP contribution in [0.4, 0.5) is 0 Å². The maximum absolute atomic E-state index is 8.89. The molecule has 15 heavy (non-hydrogen) atoms. The van der Waals surface area contributed by atoms with Gasteiger partial charge >= 0.3 is 0 Å². The van der Waals surface area contributed by atoms with Crippen LogP contribution in [-0.4, -0.2) is 51.1 Å². The van der Waals surface area contributed by atoms with Gasteiger partial charge < -0.3 is 20.5 Å². The normalized spacial score (nSPS) is 24.0. The summed E-state index contributed by atoms with van der Waals surface area (Å²) in [5.74, 6) is 0.733. The van der Waals surface area contributed by atoms with Crippen LogP contribution in [-0.2, 0) is 4.74 Å². The van der Waals surface area contributed by atoms with Crippen molar-refractivity contribution in [1.82, 2.24) is 10.6 Å². The van der Waals surface area contributed by atoms with E-state index in [0.29, 0.717) is 12.6 Å². The van der Waals surface area contributed by atoms with Gasteiger partial charge in [0.05, 0.1) is 6.61 Å². The van der Waals surface area contributed by atoms with Gasteiger partial charge in [0.25, 0.3) is 0 Å². The topological polar surface area (TPSA) is 53.5 Å². The smallest absolute Gasteiger partial charge is 0.0616 e. The van der Waals surface area contributed by atoms with Crippen molar-refractivity contribution in [3.05, 3.63) is 0 Å². The number of ether oxygens (including phenoxy) is 1. The van der Waals surface area contributed by atoms with Crippen LogP contribution in [0.5, 0.6) is 0 Å². The Kier molecular flexibility index (Phi) is 6.92. The van der Waals surface area contributed by atoms with Gasteiger partial charge in [-0.1, -0.05) is 0 Å². The number of nitrogens with one attached hydrogen (secondary N) is 2. The van der Waals surface area contributed by atoms with E-state index in [1.807, 2.05) is 0 Å². The van der Waals surface area contributed by atoms with Crippen molar-refractivity contribution < 1.29 is 9.84 Å². The maximum Gasteiger partial charge on any atom is 0.0616 e. The Labute approximate surface area is 92.4 Å². The highest BCUT2D eigenvalue weighted by molar-refractivity contribution is 4.74. The van der Waals surface area contributed by atoms with Crippen LogP contribution in [0.2, 0.25) is 0 Å². The van der Waals surface area contributed by atoms with E-state index in [-0.39, 0.29) is 6.61 Å². The first-order chi connectivity index (χ1) is 7.36. The summed E-state index contributed by atoms with van der Waals surface area (Å²) in [6.45, 7) is 4.21. The second kappa shape index (κ2) is 8.05. The van der Waals surface area contributed by atoms with E-state index in [2.05, 4.69) is 10.6 Å². The van der Waals surface area contributed by atoms with Crippen LogP contribution in [0.25, 0.3) is 0 Å². The average Bonchev–Trinajstić information content (AvgIpc) is 2.28.